The van der Waals surface area contributed by atoms with Crippen molar-refractivity contribution in [3.63, 3.8) is 0 Å². The Morgan fingerprint density at radius 3 is 2.61 bits per heavy atom. The molecule has 0 aliphatic rings. The SMILES string of the molecule is COCCN(c1ccc(C(=O)O)c(Br)c1)C(C)C. The molecule has 0 bridgehead atoms. The molecule has 18 heavy (non-hydrogen) atoms. The fourth-order valence-electron chi connectivity index (χ4n) is 1.73. The van der Waals surface area contributed by atoms with Crippen LogP contribution in [0.1, 0.15) is 24.2 Å². The quantitative estimate of drug-likeness (QED) is 0.876. The summed E-state index contributed by atoms with van der Waals surface area (Å²) in [5, 5.41) is 8.98. The number of nitrogens with zero attached hydrogens (tertiary/aromatic N) is 1. The van der Waals surface area contributed by atoms with Gasteiger partial charge in [0, 0.05) is 29.9 Å². The molecule has 1 aromatic rings. The van der Waals surface area contributed by atoms with Gasteiger partial charge in [-0.25, -0.2) is 4.79 Å². The van der Waals surface area contributed by atoms with Crippen LogP contribution >= 0.6 is 15.9 Å². The number of carboxylic acids is 1. The molecule has 0 saturated carbocycles. The number of carboxylic acid groups (broad SMARTS) is 1. The highest BCUT2D eigenvalue weighted by Gasteiger charge is 2.14. The van der Waals surface area contributed by atoms with E-state index in [1.54, 1.807) is 13.2 Å². The lowest BCUT2D eigenvalue weighted by molar-refractivity contribution is 0.0696. The molecule has 100 valence electrons. The van der Waals surface area contributed by atoms with E-state index in [0.29, 0.717) is 17.1 Å². The Bertz CT molecular complexity index is 421. The molecular formula is C13H18BrNO3. The van der Waals surface area contributed by atoms with E-state index < -0.39 is 5.97 Å². The highest BCUT2D eigenvalue weighted by molar-refractivity contribution is 9.10. The summed E-state index contributed by atoms with van der Waals surface area (Å²) in [5.74, 6) is -0.929. The zero-order valence-electron chi connectivity index (χ0n) is 10.8. The van der Waals surface area contributed by atoms with Crippen molar-refractivity contribution in [1.82, 2.24) is 0 Å². The summed E-state index contributed by atoms with van der Waals surface area (Å²) in [7, 11) is 1.67. The van der Waals surface area contributed by atoms with Gasteiger partial charge in [-0.1, -0.05) is 0 Å². The Kier molecular flexibility index (Phi) is 5.62. The number of rotatable bonds is 6. The van der Waals surface area contributed by atoms with E-state index in [4.69, 9.17) is 9.84 Å². The number of methoxy groups -OCH3 is 1. The fraction of sp³-hybridized carbons (Fsp3) is 0.462. The van der Waals surface area contributed by atoms with Crippen molar-refractivity contribution in [3.8, 4) is 0 Å². The lowest BCUT2D eigenvalue weighted by atomic mass is 10.1. The number of benzene rings is 1. The third-order valence-electron chi connectivity index (χ3n) is 2.67. The molecule has 0 aromatic heterocycles. The predicted molar refractivity (Wildman–Crippen MR) is 75.5 cm³/mol. The van der Waals surface area contributed by atoms with E-state index in [1.807, 2.05) is 12.1 Å². The van der Waals surface area contributed by atoms with Crippen molar-refractivity contribution in [2.75, 3.05) is 25.2 Å². The van der Waals surface area contributed by atoms with Crippen LogP contribution in [-0.2, 0) is 4.74 Å². The molecule has 0 unspecified atom stereocenters. The zero-order chi connectivity index (χ0) is 13.7. The molecule has 0 saturated heterocycles. The van der Waals surface area contributed by atoms with Crippen LogP contribution in [0.2, 0.25) is 0 Å². The molecule has 0 radical (unpaired) electrons. The molecule has 0 aliphatic carbocycles. The standard InChI is InChI=1S/C13H18BrNO3/c1-9(2)15(6-7-18-3)10-4-5-11(13(16)17)12(14)8-10/h4-5,8-9H,6-7H2,1-3H3,(H,16,17). The van der Waals surface area contributed by atoms with E-state index >= 15 is 0 Å². The van der Waals surface area contributed by atoms with E-state index in [9.17, 15) is 4.79 Å². The van der Waals surface area contributed by atoms with E-state index in [-0.39, 0.29) is 5.56 Å². The summed E-state index contributed by atoms with van der Waals surface area (Å²) in [6.45, 7) is 5.59. The summed E-state index contributed by atoms with van der Waals surface area (Å²) in [6, 6.07) is 5.59. The number of carbonyl (C=O) groups is 1. The second-order valence-electron chi connectivity index (χ2n) is 4.25. The van der Waals surface area contributed by atoms with Crippen LogP contribution in [-0.4, -0.2) is 37.4 Å². The van der Waals surface area contributed by atoms with Gasteiger partial charge < -0.3 is 14.7 Å². The van der Waals surface area contributed by atoms with Gasteiger partial charge in [0.2, 0.25) is 0 Å². The van der Waals surface area contributed by atoms with Gasteiger partial charge in [-0.05, 0) is 48.0 Å². The van der Waals surface area contributed by atoms with Crippen LogP contribution in [0.5, 0.6) is 0 Å². The third kappa shape index (κ3) is 3.71. The Balaban J connectivity index is 2.99. The first kappa shape index (κ1) is 15.0. The summed E-state index contributed by atoms with van der Waals surface area (Å²) in [6.07, 6.45) is 0. The van der Waals surface area contributed by atoms with Crippen molar-refractivity contribution in [2.24, 2.45) is 0 Å². The van der Waals surface area contributed by atoms with E-state index in [0.717, 1.165) is 12.2 Å². The third-order valence-corrected chi connectivity index (χ3v) is 3.33. The summed E-state index contributed by atoms with van der Waals surface area (Å²) < 4.78 is 5.68. The minimum Gasteiger partial charge on any atom is -0.478 e. The molecule has 1 rings (SSSR count). The molecular weight excluding hydrogens is 298 g/mol. The maximum absolute atomic E-state index is 10.9. The molecule has 1 aromatic carbocycles. The van der Waals surface area contributed by atoms with Gasteiger partial charge in [-0.3, -0.25) is 0 Å². The maximum atomic E-state index is 10.9. The topological polar surface area (TPSA) is 49.8 Å². The molecule has 0 atom stereocenters. The van der Waals surface area contributed by atoms with Crippen LogP contribution in [0.25, 0.3) is 0 Å². The van der Waals surface area contributed by atoms with Crippen molar-refractivity contribution >= 4 is 27.6 Å². The van der Waals surface area contributed by atoms with Gasteiger partial charge in [-0.15, -0.1) is 0 Å². The van der Waals surface area contributed by atoms with Gasteiger partial charge >= 0.3 is 5.97 Å². The number of anilines is 1. The Morgan fingerprint density at radius 1 is 1.50 bits per heavy atom. The minimum atomic E-state index is -0.929. The second-order valence-corrected chi connectivity index (χ2v) is 5.10. The number of hydrogen-bond acceptors (Lipinski definition) is 3. The normalized spacial score (nSPS) is 10.7. The van der Waals surface area contributed by atoms with Crippen molar-refractivity contribution < 1.29 is 14.6 Å². The second kappa shape index (κ2) is 6.75. The number of halogens is 1. The van der Waals surface area contributed by atoms with Crippen molar-refractivity contribution in [2.45, 2.75) is 19.9 Å². The molecule has 4 nitrogen and oxygen atoms in total. The zero-order valence-corrected chi connectivity index (χ0v) is 12.4. The molecule has 0 spiro atoms. The smallest absolute Gasteiger partial charge is 0.336 e. The Morgan fingerprint density at radius 2 is 2.17 bits per heavy atom. The Hall–Kier alpha value is -1.07. The summed E-state index contributed by atoms with van der Waals surface area (Å²) in [5.41, 5.74) is 1.26. The first-order valence-corrected chi connectivity index (χ1v) is 6.55. The highest BCUT2D eigenvalue weighted by atomic mass is 79.9. The van der Waals surface area contributed by atoms with Gasteiger partial charge in [0.15, 0.2) is 0 Å². The lowest BCUT2D eigenvalue weighted by Crippen LogP contribution is -2.33. The highest BCUT2D eigenvalue weighted by Crippen LogP contribution is 2.25. The first-order valence-electron chi connectivity index (χ1n) is 5.75. The average Bonchev–Trinajstić information content (AvgIpc) is 2.28. The molecule has 0 fully saturated rings. The largest absolute Gasteiger partial charge is 0.478 e. The summed E-state index contributed by atoms with van der Waals surface area (Å²) >= 11 is 3.29. The number of ether oxygens (including phenoxy) is 1. The minimum absolute atomic E-state index is 0.272. The van der Waals surface area contributed by atoms with Gasteiger partial charge in [0.1, 0.15) is 0 Å². The molecule has 0 heterocycles. The van der Waals surface area contributed by atoms with Crippen molar-refractivity contribution in [1.29, 1.82) is 0 Å². The first-order chi connectivity index (χ1) is 8.47. The van der Waals surface area contributed by atoms with Crippen LogP contribution in [0.4, 0.5) is 5.69 Å². The predicted octanol–water partition coefficient (Wildman–Crippen LogP) is 3.01. The van der Waals surface area contributed by atoms with Crippen LogP contribution in [0.15, 0.2) is 22.7 Å². The number of aromatic carboxylic acids is 1. The van der Waals surface area contributed by atoms with Gasteiger partial charge in [-0.2, -0.15) is 0 Å². The van der Waals surface area contributed by atoms with Gasteiger partial charge in [0.05, 0.1) is 12.2 Å². The van der Waals surface area contributed by atoms with Gasteiger partial charge in [0.25, 0.3) is 0 Å². The average molecular weight is 316 g/mol. The van der Waals surface area contributed by atoms with Crippen LogP contribution in [0.3, 0.4) is 0 Å². The fourth-order valence-corrected chi connectivity index (χ4v) is 2.27. The number of hydrogen-bond donors (Lipinski definition) is 1. The monoisotopic (exact) mass is 315 g/mol. The van der Waals surface area contributed by atoms with E-state index in [2.05, 4.69) is 34.7 Å². The summed E-state index contributed by atoms with van der Waals surface area (Å²) in [4.78, 5) is 13.1. The van der Waals surface area contributed by atoms with Crippen LogP contribution < -0.4 is 4.90 Å². The van der Waals surface area contributed by atoms with Crippen LogP contribution in [0, 0.1) is 0 Å². The molecule has 1 N–H and O–H groups in total. The molecule has 0 aliphatic heterocycles. The van der Waals surface area contributed by atoms with Crippen molar-refractivity contribution in [3.05, 3.63) is 28.2 Å². The Labute approximate surface area is 116 Å². The van der Waals surface area contributed by atoms with E-state index in [1.165, 1.54) is 0 Å². The molecule has 0 amide bonds. The molecule has 5 heteroatoms. The maximum Gasteiger partial charge on any atom is 0.336 e. The lowest BCUT2D eigenvalue weighted by Gasteiger charge is -2.29.